The Morgan fingerprint density at radius 3 is 2.82 bits per heavy atom. The molecule has 1 atom stereocenters. The molecule has 94 valence electrons. The van der Waals surface area contributed by atoms with Crippen LogP contribution in [0.15, 0.2) is 12.1 Å². The normalized spacial score (nSPS) is 12.2. The number of nitrogens with one attached hydrogen (secondary N) is 1. The molecule has 1 rings (SSSR count). The Morgan fingerprint density at radius 1 is 1.65 bits per heavy atom. The Labute approximate surface area is 98.4 Å². The highest BCUT2D eigenvalue weighted by molar-refractivity contribution is 5.90. The highest BCUT2D eigenvalue weighted by Crippen LogP contribution is 2.23. The standard InChI is InChI=1S/C11H15FN2O3/c1-6(5-17-2)14-10-4-8(12)7(11(15)16)3-9(10)13/h3-4,6,14H,5,13H2,1-2H3,(H,15,16). The number of nitrogens with two attached hydrogens (primary N) is 1. The first kappa shape index (κ1) is 13.2. The van der Waals surface area contributed by atoms with Gasteiger partial charge in [-0.1, -0.05) is 0 Å². The van der Waals surface area contributed by atoms with Crippen LogP contribution in [-0.4, -0.2) is 30.8 Å². The number of ether oxygens (including phenoxy) is 1. The number of nitrogen functional groups attached to an aromatic ring is 1. The second-order valence-corrected chi connectivity index (χ2v) is 3.73. The lowest BCUT2D eigenvalue weighted by molar-refractivity contribution is 0.0692. The SMILES string of the molecule is COCC(C)Nc1cc(F)c(C(=O)O)cc1N. The van der Waals surface area contributed by atoms with Gasteiger partial charge in [0.2, 0.25) is 0 Å². The molecule has 0 saturated carbocycles. The molecular formula is C11H15FN2O3. The predicted octanol–water partition coefficient (Wildman–Crippen LogP) is 1.55. The summed E-state index contributed by atoms with van der Waals surface area (Å²) in [5, 5.41) is 11.6. The lowest BCUT2D eigenvalue weighted by Crippen LogP contribution is -2.21. The minimum atomic E-state index is -1.34. The molecule has 0 aliphatic carbocycles. The fourth-order valence-electron chi connectivity index (χ4n) is 1.44. The number of carboxylic acid groups (broad SMARTS) is 1. The molecule has 0 bridgehead atoms. The van der Waals surface area contributed by atoms with Crippen molar-refractivity contribution in [3.05, 3.63) is 23.5 Å². The molecule has 0 spiro atoms. The number of hydrogen-bond acceptors (Lipinski definition) is 4. The van der Waals surface area contributed by atoms with Gasteiger partial charge in [-0.15, -0.1) is 0 Å². The van der Waals surface area contributed by atoms with E-state index in [2.05, 4.69) is 5.32 Å². The van der Waals surface area contributed by atoms with E-state index in [1.807, 2.05) is 6.92 Å². The van der Waals surface area contributed by atoms with Crippen molar-refractivity contribution in [2.24, 2.45) is 0 Å². The average molecular weight is 242 g/mol. The third-order valence-corrected chi connectivity index (χ3v) is 2.19. The van der Waals surface area contributed by atoms with Crippen molar-refractivity contribution in [3.63, 3.8) is 0 Å². The summed E-state index contributed by atoms with van der Waals surface area (Å²) in [6.45, 7) is 2.27. The molecule has 0 amide bonds. The maximum atomic E-state index is 13.4. The summed E-state index contributed by atoms with van der Waals surface area (Å²) in [4.78, 5) is 10.7. The number of carboxylic acids is 1. The van der Waals surface area contributed by atoms with Crippen LogP contribution in [0.5, 0.6) is 0 Å². The van der Waals surface area contributed by atoms with Crippen LogP contribution in [0.25, 0.3) is 0 Å². The number of rotatable bonds is 5. The van der Waals surface area contributed by atoms with Crippen LogP contribution in [0.3, 0.4) is 0 Å². The van der Waals surface area contributed by atoms with Crippen LogP contribution in [0.4, 0.5) is 15.8 Å². The van der Waals surface area contributed by atoms with Gasteiger partial charge < -0.3 is 20.9 Å². The molecule has 0 aliphatic rings. The smallest absolute Gasteiger partial charge is 0.338 e. The lowest BCUT2D eigenvalue weighted by atomic mass is 10.1. The summed E-state index contributed by atoms with van der Waals surface area (Å²) in [7, 11) is 1.55. The van der Waals surface area contributed by atoms with E-state index in [0.717, 1.165) is 12.1 Å². The van der Waals surface area contributed by atoms with E-state index in [1.165, 1.54) is 0 Å². The van der Waals surface area contributed by atoms with Crippen LogP contribution in [0.1, 0.15) is 17.3 Å². The summed E-state index contributed by atoms with van der Waals surface area (Å²) in [5.41, 5.74) is 5.75. The maximum absolute atomic E-state index is 13.4. The van der Waals surface area contributed by atoms with E-state index < -0.39 is 17.3 Å². The third kappa shape index (κ3) is 3.32. The zero-order chi connectivity index (χ0) is 13.0. The highest BCUT2D eigenvalue weighted by atomic mass is 19.1. The van der Waals surface area contributed by atoms with E-state index in [0.29, 0.717) is 12.3 Å². The number of aromatic carboxylic acids is 1. The topological polar surface area (TPSA) is 84.6 Å². The van der Waals surface area contributed by atoms with E-state index in [-0.39, 0.29) is 11.7 Å². The van der Waals surface area contributed by atoms with Crippen LogP contribution >= 0.6 is 0 Å². The van der Waals surface area contributed by atoms with Crippen LogP contribution < -0.4 is 11.1 Å². The first-order chi connectivity index (χ1) is 7.95. The van der Waals surface area contributed by atoms with Crippen molar-refractivity contribution >= 4 is 17.3 Å². The van der Waals surface area contributed by atoms with Crippen molar-refractivity contribution in [3.8, 4) is 0 Å². The van der Waals surface area contributed by atoms with E-state index in [9.17, 15) is 9.18 Å². The number of halogens is 1. The molecule has 1 aromatic rings. The molecule has 0 aliphatic heterocycles. The van der Waals surface area contributed by atoms with Crippen molar-refractivity contribution < 1.29 is 19.0 Å². The van der Waals surface area contributed by atoms with Crippen LogP contribution in [0.2, 0.25) is 0 Å². The van der Waals surface area contributed by atoms with Gasteiger partial charge in [0, 0.05) is 13.2 Å². The fourth-order valence-corrected chi connectivity index (χ4v) is 1.44. The Bertz CT molecular complexity index is 423. The Morgan fingerprint density at radius 2 is 2.29 bits per heavy atom. The van der Waals surface area contributed by atoms with Gasteiger partial charge in [-0.3, -0.25) is 0 Å². The summed E-state index contributed by atoms with van der Waals surface area (Å²) >= 11 is 0. The van der Waals surface area contributed by atoms with Crippen molar-refractivity contribution in [1.29, 1.82) is 0 Å². The molecule has 4 N–H and O–H groups in total. The molecule has 1 aromatic carbocycles. The first-order valence-electron chi connectivity index (χ1n) is 5.03. The molecule has 0 saturated heterocycles. The largest absolute Gasteiger partial charge is 0.478 e. The lowest BCUT2D eigenvalue weighted by Gasteiger charge is -2.16. The molecule has 0 heterocycles. The molecule has 17 heavy (non-hydrogen) atoms. The van der Waals surface area contributed by atoms with E-state index >= 15 is 0 Å². The number of carbonyl (C=O) groups is 1. The van der Waals surface area contributed by atoms with Gasteiger partial charge in [0.15, 0.2) is 0 Å². The van der Waals surface area contributed by atoms with E-state index in [4.69, 9.17) is 15.6 Å². The third-order valence-electron chi connectivity index (χ3n) is 2.19. The molecule has 1 unspecified atom stereocenters. The maximum Gasteiger partial charge on any atom is 0.338 e. The van der Waals surface area contributed by atoms with Gasteiger partial charge in [-0.25, -0.2) is 9.18 Å². The van der Waals surface area contributed by atoms with Gasteiger partial charge in [0.1, 0.15) is 5.82 Å². The van der Waals surface area contributed by atoms with Crippen molar-refractivity contribution in [2.75, 3.05) is 24.8 Å². The second kappa shape index (κ2) is 5.49. The van der Waals surface area contributed by atoms with Crippen molar-refractivity contribution in [1.82, 2.24) is 0 Å². The second-order valence-electron chi connectivity index (χ2n) is 3.73. The summed E-state index contributed by atoms with van der Waals surface area (Å²) in [6.07, 6.45) is 0. The van der Waals surface area contributed by atoms with Gasteiger partial charge in [-0.05, 0) is 19.1 Å². The Kier molecular flexibility index (Phi) is 4.28. The predicted molar refractivity (Wildman–Crippen MR) is 62.7 cm³/mol. The quantitative estimate of drug-likeness (QED) is 0.682. The van der Waals surface area contributed by atoms with Gasteiger partial charge in [0.25, 0.3) is 0 Å². The fraction of sp³-hybridized carbons (Fsp3) is 0.364. The van der Waals surface area contributed by atoms with Crippen LogP contribution in [0, 0.1) is 5.82 Å². The molecule has 0 fully saturated rings. The minimum absolute atomic E-state index is 0.0580. The molecule has 6 heteroatoms. The van der Waals surface area contributed by atoms with E-state index in [1.54, 1.807) is 7.11 Å². The summed E-state index contributed by atoms with van der Waals surface area (Å²) in [5.74, 6) is -2.16. The molecular weight excluding hydrogens is 227 g/mol. The van der Waals surface area contributed by atoms with Crippen molar-refractivity contribution in [2.45, 2.75) is 13.0 Å². The summed E-state index contributed by atoms with van der Waals surface area (Å²) < 4.78 is 18.3. The Hall–Kier alpha value is -1.82. The number of methoxy groups -OCH3 is 1. The zero-order valence-corrected chi connectivity index (χ0v) is 9.66. The molecule has 0 radical (unpaired) electrons. The average Bonchev–Trinajstić information content (AvgIpc) is 2.22. The summed E-state index contributed by atoms with van der Waals surface area (Å²) in [6, 6.07) is 2.11. The Balaban J connectivity index is 2.95. The van der Waals surface area contributed by atoms with Gasteiger partial charge in [-0.2, -0.15) is 0 Å². The first-order valence-corrected chi connectivity index (χ1v) is 5.03. The molecule has 0 aromatic heterocycles. The number of hydrogen-bond donors (Lipinski definition) is 3. The highest BCUT2D eigenvalue weighted by Gasteiger charge is 2.14. The zero-order valence-electron chi connectivity index (χ0n) is 9.66. The number of benzene rings is 1. The minimum Gasteiger partial charge on any atom is -0.478 e. The van der Waals surface area contributed by atoms with Gasteiger partial charge in [0.05, 0.1) is 23.5 Å². The van der Waals surface area contributed by atoms with Crippen LogP contribution in [-0.2, 0) is 4.74 Å². The monoisotopic (exact) mass is 242 g/mol. The van der Waals surface area contributed by atoms with Gasteiger partial charge >= 0.3 is 5.97 Å². The molecule has 5 nitrogen and oxygen atoms in total. The number of anilines is 2.